The van der Waals surface area contributed by atoms with Crippen LogP contribution in [0.15, 0.2) is 42.5 Å². The Morgan fingerprint density at radius 3 is 2.37 bits per heavy atom. The average Bonchev–Trinajstić information content (AvgIpc) is 2.63. The largest absolute Gasteiger partial charge is 0.494 e. The van der Waals surface area contributed by atoms with E-state index in [9.17, 15) is 9.90 Å². The number of benzene rings is 2. The van der Waals surface area contributed by atoms with E-state index in [1.54, 1.807) is 0 Å². The molecule has 1 aliphatic rings. The van der Waals surface area contributed by atoms with Crippen LogP contribution in [0.4, 0.5) is 0 Å². The number of hydrogen-bond acceptors (Lipinski definition) is 3. The van der Waals surface area contributed by atoms with Gasteiger partial charge in [0.15, 0.2) is 0 Å². The van der Waals surface area contributed by atoms with Crippen LogP contribution in [0.3, 0.4) is 0 Å². The van der Waals surface area contributed by atoms with Gasteiger partial charge in [0.2, 0.25) is 0 Å². The fourth-order valence-electron chi connectivity index (χ4n) is 4.15. The zero-order chi connectivity index (χ0) is 19.4. The lowest BCUT2D eigenvalue weighted by atomic mass is 9.89. The minimum atomic E-state index is -0.674. The van der Waals surface area contributed by atoms with Gasteiger partial charge in [-0.1, -0.05) is 47.5 Å². The Morgan fingerprint density at radius 2 is 1.78 bits per heavy atom. The Kier molecular flexibility index (Phi) is 6.17. The number of carboxylic acid groups (broad SMARTS) is 1. The molecular formula is C23H29NO3. The van der Waals surface area contributed by atoms with Crippen molar-refractivity contribution in [3.8, 4) is 5.75 Å². The molecule has 0 radical (unpaired) electrons. The van der Waals surface area contributed by atoms with Gasteiger partial charge >= 0.3 is 5.97 Å². The fraction of sp³-hybridized carbons (Fsp3) is 0.435. The molecule has 2 aromatic rings. The van der Waals surface area contributed by atoms with Crippen molar-refractivity contribution in [2.24, 2.45) is 5.92 Å². The standard InChI is InChI=1S/C23H29NO3/c1-4-27-21-8-6-5-7-20(21)22(19-14-16(2)13-17(3)15-19)24-11-9-18(10-12-24)23(25)26/h5-8,13-15,18,22H,4,9-12H2,1-3H3,(H,25,26). The summed E-state index contributed by atoms with van der Waals surface area (Å²) in [6.45, 7) is 8.42. The third kappa shape index (κ3) is 4.51. The first-order valence-electron chi connectivity index (χ1n) is 9.76. The predicted molar refractivity (Wildman–Crippen MR) is 107 cm³/mol. The van der Waals surface area contributed by atoms with Gasteiger partial charge in [-0.3, -0.25) is 9.69 Å². The van der Waals surface area contributed by atoms with Gasteiger partial charge in [-0.05, 0) is 58.3 Å². The number of rotatable bonds is 6. The maximum absolute atomic E-state index is 11.4. The van der Waals surface area contributed by atoms with Gasteiger partial charge in [0.25, 0.3) is 0 Å². The van der Waals surface area contributed by atoms with Crippen LogP contribution < -0.4 is 4.74 Å². The van der Waals surface area contributed by atoms with E-state index in [4.69, 9.17) is 4.74 Å². The van der Waals surface area contributed by atoms with E-state index >= 15 is 0 Å². The summed E-state index contributed by atoms with van der Waals surface area (Å²) in [6, 6.07) is 15.0. The second-order valence-corrected chi connectivity index (χ2v) is 7.44. The molecule has 1 unspecified atom stereocenters. The molecule has 1 saturated heterocycles. The van der Waals surface area contributed by atoms with Crippen molar-refractivity contribution in [3.05, 3.63) is 64.7 Å². The number of carboxylic acids is 1. The summed E-state index contributed by atoms with van der Waals surface area (Å²) in [5.41, 5.74) is 4.88. The Labute approximate surface area is 161 Å². The first-order valence-corrected chi connectivity index (χ1v) is 9.76. The highest BCUT2D eigenvalue weighted by atomic mass is 16.5. The van der Waals surface area contributed by atoms with Gasteiger partial charge in [-0.2, -0.15) is 0 Å². The van der Waals surface area contributed by atoms with E-state index in [1.807, 2.05) is 19.1 Å². The Hall–Kier alpha value is -2.33. The summed E-state index contributed by atoms with van der Waals surface area (Å²) in [7, 11) is 0. The van der Waals surface area contributed by atoms with Crippen molar-refractivity contribution < 1.29 is 14.6 Å². The number of piperidine rings is 1. The van der Waals surface area contributed by atoms with Gasteiger partial charge in [0, 0.05) is 5.56 Å². The maximum Gasteiger partial charge on any atom is 0.306 e. The zero-order valence-electron chi connectivity index (χ0n) is 16.4. The van der Waals surface area contributed by atoms with Crippen molar-refractivity contribution >= 4 is 5.97 Å². The minimum Gasteiger partial charge on any atom is -0.494 e. The Balaban J connectivity index is 2.01. The topological polar surface area (TPSA) is 49.8 Å². The molecule has 0 aromatic heterocycles. The van der Waals surface area contributed by atoms with Crippen molar-refractivity contribution in [3.63, 3.8) is 0 Å². The lowest BCUT2D eigenvalue weighted by molar-refractivity contribution is -0.143. The molecule has 4 heteroatoms. The van der Waals surface area contributed by atoms with Crippen molar-refractivity contribution in [2.75, 3.05) is 19.7 Å². The third-order valence-corrected chi connectivity index (χ3v) is 5.32. The molecular weight excluding hydrogens is 338 g/mol. The van der Waals surface area contributed by atoms with Crippen molar-refractivity contribution in [2.45, 2.75) is 39.7 Å². The Bertz CT molecular complexity index is 774. The van der Waals surface area contributed by atoms with Crippen LogP contribution in [0.1, 0.15) is 48.1 Å². The van der Waals surface area contributed by atoms with Crippen LogP contribution in [0.2, 0.25) is 0 Å². The molecule has 144 valence electrons. The summed E-state index contributed by atoms with van der Waals surface area (Å²) >= 11 is 0. The van der Waals surface area contributed by atoms with Gasteiger partial charge in [-0.15, -0.1) is 0 Å². The molecule has 0 bridgehead atoms. The van der Waals surface area contributed by atoms with Crippen LogP contribution in [-0.2, 0) is 4.79 Å². The molecule has 0 amide bonds. The van der Waals surface area contributed by atoms with E-state index in [0.29, 0.717) is 19.4 Å². The van der Waals surface area contributed by atoms with Crippen LogP contribution >= 0.6 is 0 Å². The maximum atomic E-state index is 11.4. The number of nitrogens with zero attached hydrogens (tertiary/aromatic N) is 1. The molecule has 27 heavy (non-hydrogen) atoms. The summed E-state index contributed by atoms with van der Waals surface area (Å²) in [5, 5.41) is 9.35. The van der Waals surface area contributed by atoms with E-state index < -0.39 is 5.97 Å². The second kappa shape index (κ2) is 8.57. The normalized spacial score (nSPS) is 16.9. The number of hydrogen-bond donors (Lipinski definition) is 1. The average molecular weight is 367 g/mol. The van der Waals surface area contributed by atoms with Gasteiger partial charge in [0.1, 0.15) is 5.75 Å². The van der Waals surface area contributed by atoms with E-state index in [0.717, 1.165) is 24.4 Å². The molecule has 1 heterocycles. The third-order valence-electron chi connectivity index (χ3n) is 5.32. The smallest absolute Gasteiger partial charge is 0.306 e. The second-order valence-electron chi connectivity index (χ2n) is 7.44. The molecule has 2 aromatic carbocycles. The van der Waals surface area contributed by atoms with E-state index in [1.165, 1.54) is 16.7 Å². The highest BCUT2D eigenvalue weighted by molar-refractivity contribution is 5.70. The van der Waals surface area contributed by atoms with Crippen molar-refractivity contribution in [1.29, 1.82) is 0 Å². The number of carbonyl (C=O) groups is 1. The van der Waals surface area contributed by atoms with Gasteiger partial charge < -0.3 is 9.84 Å². The summed E-state index contributed by atoms with van der Waals surface area (Å²) in [6.07, 6.45) is 1.38. The van der Waals surface area contributed by atoms with Crippen LogP contribution in [0, 0.1) is 19.8 Å². The van der Waals surface area contributed by atoms with E-state index in [-0.39, 0.29) is 12.0 Å². The fourth-order valence-corrected chi connectivity index (χ4v) is 4.15. The quantitative estimate of drug-likeness (QED) is 0.811. The van der Waals surface area contributed by atoms with Crippen LogP contribution in [0.25, 0.3) is 0 Å². The zero-order valence-corrected chi connectivity index (χ0v) is 16.4. The van der Waals surface area contributed by atoms with E-state index in [2.05, 4.69) is 49.1 Å². The molecule has 1 atom stereocenters. The molecule has 1 fully saturated rings. The monoisotopic (exact) mass is 367 g/mol. The number of aryl methyl sites for hydroxylation is 2. The number of likely N-dealkylation sites (tertiary alicyclic amines) is 1. The SMILES string of the molecule is CCOc1ccccc1C(c1cc(C)cc(C)c1)N1CCC(C(=O)O)CC1. The lowest BCUT2D eigenvalue weighted by Gasteiger charge is -2.38. The molecule has 4 nitrogen and oxygen atoms in total. The summed E-state index contributed by atoms with van der Waals surface area (Å²) < 4.78 is 5.93. The summed E-state index contributed by atoms with van der Waals surface area (Å²) in [5.74, 6) is 0.000106. The lowest BCUT2D eigenvalue weighted by Crippen LogP contribution is -2.39. The highest BCUT2D eigenvalue weighted by Crippen LogP contribution is 2.37. The van der Waals surface area contributed by atoms with Gasteiger partial charge in [0.05, 0.1) is 18.6 Å². The molecule has 3 rings (SSSR count). The molecule has 0 saturated carbocycles. The number of aliphatic carboxylic acids is 1. The van der Waals surface area contributed by atoms with Crippen molar-refractivity contribution in [1.82, 2.24) is 4.90 Å². The first kappa shape index (κ1) is 19.4. The van der Waals surface area contributed by atoms with Crippen LogP contribution in [0.5, 0.6) is 5.75 Å². The summed E-state index contributed by atoms with van der Waals surface area (Å²) in [4.78, 5) is 13.8. The molecule has 1 aliphatic heterocycles. The molecule has 0 spiro atoms. The number of ether oxygens (including phenoxy) is 1. The predicted octanol–water partition coefficient (Wildman–Crippen LogP) is 4.59. The Morgan fingerprint density at radius 1 is 1.15 bits per heavy atom. The molecule has 0 aliphatic carbocycles. The number of para-hydroxylation sites is 1. The molecule has 1 N–H and O–H groups in total. The minimum absolute atomic E-state index is 0.0705. The first-order chi connectivity index (χ1) is 13.0. The van der Waals surface area contributed by atoms with Crippen LogP contribution in [-0.4, -0.2) is 35.7 Å². The van der Waals surface area contributed by atoms with Gasteiger partial charge in [-0.25, -0.2) is 0 Å². The highest BCUT2D eigenvalue weighted by Gasteiger charge is 2.31.